The van der Waals surface area contributed by atoms with Gasteiger partial charge in [0, 0.05) is 30.0 Å². The Morgan fingerprint density at radius 1 is 1.02 bits per heavy atom. The van der Waals surface area contributed by atoms with Crippen LogP contribution in [-0.2, 0) is 37.4 Å². The maximum Gasteiger partial charge on any atom is 0.279 e. The van der Waals surface area contributed by atoms with Crippen molar-refractivity contribution in [1.82, 2.24) is 4.90 Å². The molecule has 0 spiro atoms. The van der Waals surface area contributed by atoms with Gasteiger partial charge in [0.1, 0.15) is 39.3 Å². The fourth-order valence-corrected chi connectivity index (χ4v) is 11.2. The number of aliphatic carboxylic acids is 1. The van der Waals surface area contributed by atoms with Crippen molar-refractivity contribution in [1.29, 1.82) is 0 Å². The Balaban J connectivity index is 0.982. The van der Waals surface area contributed by atoms with Crippen LogP contribution in [0.15, 0.2) is 70.8 Å². The van der Waals surface area contributed by atoms with Crippen LogP contribution in [0.25, 0.3) is 10.8 Å². The molecule has 0 aliphatic carbocycles. The molecule has 4 saturated heterocycles. The number of fused-ring (bicyclic) bond motifs is 4. The molecule has 3 aromatic rings. The van der Waals surface area contributed by atoms with E-state index in [1.54, 1.807) is 19.1 Å². The largest absolute Gasteiger partial charge is 0.543 e. The summed E-state index contributed by atoms with van der Waals surface area (Å²) in [6, 6.07) is 16.2. The van der Waals surface area contributed by atoms with Gasteiger partial charge in [-0.1, -0.05) is 37.3 Å². The molecule has 14 heteroatoms. The minimum Gasteiger partial charge on any atom is -0.543 e. The van der Waals surface area contributed by atoms with Gasteiger partial charge in [-0.05, 0) is 53.3 Å². The highest BCUT2D eigenvalue weighted by atomic mass is 32.2. The Bertz CT molecular complexity index is 2130. The predicted octanol–water partition coefficient (Wildman–Crippen LogP) is 0.511. The van der Waals surface area contributed by atoms with Crippen LogP contribution in [0.3, 0.4) is 0 Å². The first-order chi connectivity index (χ1) is 24.8. The highest BCUT2D eigenvalue weighted by Gasteiger charge is 2.59. The Labute approximate surface area is 303 Å². The number of hydrogen-bond donors (Lipinski definition) is 3. The van der Waals surface area contributed by atoms with Crippen LogP contribution in [0, 0.1) is 11.8 Å². The molecule has 3 aromatic carbocycles. The number of benzene rings is 3. The molecule has 4 fully saturated rings. The fraction of sp³-hybridized carbons (Fsp3) is 0.447. The van der Waals surface area contributed by atoms with Crippen LogP contribution in [0.1, 0.15) is 25.0 Å². The molecule has 274 valence electrons. The summed E-state index contributed by atoms with van der Waals surface area (Å²) in [5.41, 5.74) is 9.04. The summed E-state index contributed by atoms with van der Waals surface area (Å²) in [6.07, 6.45) is -0.208. The molecule has 4 N–H and O–H groups in total. The lowest BCUT2D eigenvalue weighted by Gasteiger charge is -2.55. The van der Waals surface area contributed by atoms with E-state index < -0.39 is 45.9 Å². The highest BCUT2D eigenvalue weighted by Crippen LogP contribution is 2.50. The molecule has 6 heterocycles. The number of hydrogen-bond acceptors (Lipinski definition) is 8. The van der Waals surface area contributed by atoms with Crippen LogP contribution in [-0.4, -0.2) is 116 Å². The van der Waals surface area contributed by atoms with Crippen molar-refractivity contribution >= 4 is 50.0 Å². The van der Waals surface area contributed by atoms with Gasteiger partial charge in [-0.25, -0.2) is 8.42 Å². The van der Waals surface area contributed by atoms with Crippen LogP contribution in [0.4, 0.5) is 11.4 Å². The van der Waals surface area contributed by atoms with Crippen LogP contribution in [0.5, 0.6) is 0 Å². The number of aliphatic hydroxyl groups is 1. The molecule has 2 amide bonds. The maximum atomic E-state index is 14.1. The number of carboxylic acids is 1. The van der Waals surface area contributed by atoms with Gasteiger partial charge >= 0.3 is 0 Å². The summed E-state index contributed by atoms with van der Waals surface area (Å²) in [7, 11) is -4.03. The van der Waals surface area contributed by atoms with Gasteiger partial charge in [0.2, 0.25) is 5.91 Å². The molecule has 0 saturated carbocycles. The summed E-state index contributed by atoms with van der Waals surface area (Å²) in [6.45, 7) is 10.6. The van der Waals surface area contributed by atoms with E-state index in [4.69, 9.17) is 5.73 Å². The molecule has 9 rings (SSSR count). The number of aliphatic hydroxyl groups excluding tert-OH is 1. The number of amides is 2. The van der Waals surface area contributed by atoms with Gasteiger partial charge in [0.05, 0.1) is 53.4 Å². The van der Waals surface area contributed by atoms with Crippen LogP contribution in [0.2, 0.25) is 0 Å². The van der Waals surface area contributed by atoms with Crippen molar-refractivity contribution in [3.05, 3.63) is 77.0 Å². The number of sulfonamides is 1. The number of carbonyl (C=O) groups excluding carboxylic acids is 3. The van der Waals surface area contributed by atoms with E-state index >= 15 is 0 Å². The molecule has 52 heavy (non-hydrogen) atoms. The standard InChI is InChI=1S/C38H44N6O7S/c1-23-29(36(38(48)49)42-35(23)33(24(2)45)37(42)47)21-41-30-5-3-4-28-26(8-11-31(34(28)30)52(41,50)51)12-13-43-14-17-44(18-15-43,19-16-43)22-32(46)40-27-9-6-25(20-39)7-10-27/h3-11,23-24,33,35,45H,12-22,39H2,1-2H3/p+1/t23-,24?,33?,35?,43?,44?/m0/s1. The van der Waals surface area contributed by atoms with Crippen molar-refractivity contribution in [3.8, 4) is 0 Å². The average Bonchev–Trinajstić information content (AvgIpc) is 3.50. The highest BCUT2D eigenvalue weighted by molar-refractivity contribution is 7.93. The lowest BCUT2D eigenvalue weighted by atomic mass is 9.78. The van der Waals surface area contributed by atoms with Crippen molar-refractivity contribution in [2.24, 2.45) is 17.6 Å². The second-order valence-corrected chi connectivity index (χ2v) is 17.3. The minimum absolute atomic E-state index is 0.0242. The molecule has 6 aliphatic heterocycles. The smallest absolute Gasteiger partial charge is 0.279 e. The maximum absolute atomic E-state index is 14.1. The van der Waals surface area contributed by atoms with E-state index in [1.165, 1.54) is 11.2 Å². The normalized spacial score (nSPS) is 29.0. The number of carboxylic acid groups (broad SMARTS) is 1. The molecule has 13 nitrogen and oxygen atoms in total. The molecular formula is C38H45N6O7S+. The quantitative estimate of drug-likeness (QED) is 0.189. The van der Waals surface area contributed by atoms with Gasteiger partial charge in [-0.15, -0.1) is 0 Å². The number of rotatable bonds is 11. The first kappa shape index (κ1) is 34.7. The van der Waals surface area contributed by atoms with Gasteiger partial charge in [-0.3, -0.25) is 13.9 Å². The number of anilines is 2. The van der Waals surface area contributed by atoms with E-state index in [1.807, 2.05) is 42.5 Å². The zero-order chi connectivity index (χ0) is 36.7. The van der Waals surface area contributed by atoms with E-state index in [-0.39, 0.29) is 23.0 Å². The van der Waals surface area contributed by atoms with Gasteiger partial charge in [-0.2, -0.15) is 0 Å². The number of β-lactam (4-membered cyclic amide) rings is 1. The number of nitrogens with two attached hydrogens (primary N) is 1. The lowest BCUT2D eigenvalue weighted by Crippen LogP contribution is -2.76. The predicted molar refractivity (Wildman–Crippen MR) is 192 cm³/mol. The monoisotopic (exact) mass is 729 g/mol. The molecule has 2 bridgehead atoms. The molecule has 0 radical (unpaired) electrons. The second-order valence-electron chi connectivity index (χ2n) is 15.5. The van der Waals surface area contributed by atoms with Crippen molar-refractivity contribution in [2.45, 2.75) is 43.9 Å². The molecule has 3 unspecified atom stereocenters. The summed E-state index contributed by atoms with van der Waals surface area (Å²) in [5.74, 6) is -3.24. The van der Waals surface area contributed by atoms with Gasteiger partial charge in [0.25, 0.3) is 15.9 Å². The Morgan fingerprint density at radius 3 is 2.33 bits per heavy atom. The van der Waals surface area contributed by atoms with Gasteiger partial charge < -0.3 is 39.9 Å². The van der Waals surface area contributed by atoms with Gasteiger partial charge in [0.15, 0.2) is 6.54 Å². The zero-order valence-electron chi connectivity index (χ0n) is 29.5. The number of nitrogens with zero attached hydrogens (tertiary/aromatic N) is 4. The third-order valence-electron chi connectivity index (χ3n) is 12.7. The summed E-state index contributed by atoms with van der Waals surface area (Å²) >= 11 is 0. The topological polar surface area (TPSA) is 173 Å². The third-order valence-corrected chi connectivity index (χ3v) is 14.5. The number of carbonyl (C=O) groups is 3. The minimum atomic E-state index is -4.03. The Kier molecular flexibility index (Phi) is 8.27. The second kappa shape index (κ2) is 12.4. The van der Waals surface area contributed by atoms with Crippen LogP contribution < -0.4 is 20.5 Å². The zero-order valence-corrected chi connectivity index (χ0v) is 30.3. The summed E-state index contributed by atoms with van der Waals surface area (Å²) in [4.78, 5) is 39.6. The number of piperazine rings is 3. The molecule has 0 aromatic heterocycles. The van der Waals surface area contributed by atoms with E-state index in [0.29, 0.717) is 29.7 Å². The van der Waals surface area contributed by atoms with E-state index in [9.17, 15) is 33.0 Å². The van der Waals surface area contributed by atoms with Crippen molar-refractivity contribution in [3.63, 3.8) is 0 Å². The Morgan fingerprint density at radius 2 is 1.69 bits per heavy atom. The SMILES string of the molecule is CC(O)C1C(=O)N2C(C(=O)[O-])=C(CN3c4cccc5c(CC[N+]67CC[N+](CC(=O)Nc8ccc(CN)cc8)(CC6)CC7)ccc(c45)S3(=O)=O)[C@H](C)C12. The third kappa shape index (κ3) is 5.33. The van der Waals surface area contributed by atoms with E-state index in [0.717, 1.165) is 88.3 Å². The molecule has 6 aliphatic rings. The lowest BCUT2D eigenvalue weighted by molar-refractivity contribution is -1.08. The van der Waals surface area contributed by atoms with E-state index in [2.05, 4.69) is 5.32 Å². The molecule has 4 atom stereocenters. The Hall–Kier alpha value is -4.34. The first-order valence-electron chi connectivity index (χ1n) is 18.1. The number of quaternary nitrogens is 2. The fourth-order valence-electron chi connectivity index (χ4n) is 9.58. The molecular weight excluding hydrogens is 685 g/mol. The first-order valence-corrected chi connectivity index (χ1v) is 19.5. The van der Waals surface area contributed by atoms with Crippen LogP contribution >= 0.6 is 0 Å². The summed E-state index contributed by atoms with van der Waals surface area (Å²) < 4.78 is 31.2. The average molecular weight is 730 g/mol. The van der Waals surface area contributed by atoms with Crippen molar-refractivity contribution < 1.29 is 42.0 Å². The number of nitrogens with one attached hydrogen (secondary N) is 1. The summed E-state index contributed by atoms with van der Waals surface area (Å²) in [5, 5.41) is 27.1. The van der Waals surface area contributed by atoms with Crippen molar-refractivity contribution in [2.75, 3.05) is 68.5 Å².